The molecular formula is C7H6BrNO3S. The van der Waals surface area contributed by atoms with Crippen molar-refractivity contribution in [2.24, 2.45) is 0 Å². The third-order valence-corrected chi connectivity index (χ3v) is 2.69. The van der Waals surface area contributed by atoms with Crippen LogP contribution in [0, 0.1) is 0 Å². The predicted octanol–water partition coefficient (Wildman–Crippen LogP) is 1.92. The minimum atomic E-state index is -1.13. The number of hydrogen-bond acceptors (Lipinski definition) is 3. The first-order chi connectivity index (χ1) is 6.08. The van der Waals surface area contributed by atoms with Gasteiger partial charge in [-0.05, 0) is 28.1 Å². The maximum Gasteiger partial charge on any atom is 0.312 e. The second-order valence-electron chi connectivity index (χ2n) is 2.22. The summed E-state index contributed by atoms with van der Waals surface area (Å²) in [5, 5.41) is 11.4. The van der Waals surface area contributed by atoms with Crippen molar-refractivity contribution in [3.05, 3.63) is 15.9 Å². The van der Waals surface area contributed by atoms with E-state index < -0.39 is 18.3 Å². The van der Waals surface area contributed by atoms with E-state index >= 15 is 0 Å². The van der Waals surface area contributed by atoms with E-state index in [-0.39, 0.29) is 0 Å². The average molecular weight is 264 g/mol. The standard InChI is InChI=1S/C7H6BrNO3S/c8-4-1-2-6(13-4)9-5(10)3-7(11)12/h1-2H,3H2,(H,9,10)(H,11,12). The number of anilines is 1. The van der Waals surface area contributed by atoms with E-state index in [4.69, 9.17) is 5.11 Å². The molecule has 70 valence electrons. The fourth-order valence-electron chi connectivity index (χ4n) is 0.700. The number of aliphatic carboxylic acids is 1. The lowest BCUT2D eigenvalue weighted by atomic mass is 10.4. The number of carbonyl (C=O) groups is 2. The van der Waals surface area contributed by atoms with Crippen LogP contribution in [-0.2, 0) is 9.59 Å². The van der Waals surface area contributed by atoms with Gasteiger partial charge in [0, 0.05) is 0 Å². The Bertz CT molecular complexity index is 336. The lowest BCUT2D eigenvalue weighted by molar-refractivity contribution is -0.139. The van der Waals surface area contributed by atoms with Crippen molar-refractivity contribution >= 4 is 44.1 Å². The molecule has 1 aromatic heterocycles. The van der Waals surface area contributed by atoms with Crippen molar-refractivity contribution in [3.63, 3.8) is 0 Å². The predicted molar refractivity (Wildman–Crippen MR) is 52.9 cm³/mol. The Labute approximate surface area is 86.7 Å². The molecule has 4 nitrogen and oxygen atoms in total. The number of thiophene rings is 1. The number of carbonyl (C=O) groups excluding carboxylic acids is 1. The smallest absolute Gasteiger partial charge is 0.312 e. The number of halogens is 1. The van der Waals surface area contributed by atoms with E-state index in [1.165, 1.54) is 11.3 Å². The summed E-state index contributed by atoms with van der Waals surface area (Å²) in [7, 11) is 0. The normalized spacial score (nSPS) is 9.62. The van der Waals surface area contributed by atoms with Gasteiger partial charge < -0.3 is 10.4 Å². The highest BCUT2D eigenvalue weighted by Gasteiger charge is 2.08. The van der Waals surface area contributed by atoms with E-state index in [2.05, 4.69) is 21.2 Å². The largest absolute Gasteiger partial charge is 0.481 e. The van der Waals surface area contributed by atoms with Crippen LogP contribution >= 0.6 is 27.3 Å². The van der Waals surface area contributed by atoms with Crippen LogP contribution in [0.15, 0.2) is 15.9 Å². The summed E-state index contributed by atoms with van der Waals surface area (Å²) in [6, 6.07) is 3.48. The van der Waals surface area contributed by atoms with Crippen LogP contribution in [-0.4, -0.2) is 17.0 Å². The summed E-state index contributed by atoms with van der Waals surface area (Å²) < 4.78 is 0.887. The third-order valence-electron chi connectivity index (χ3n) is 1.15. The fourth-order valence-corrected chi connectivity index (χ4v) is 2.00. The number of amides is 1. The SMILES string of the molecule is O=C(O)CC(=O)Nc1ccc(Br)s1. The van der Waals surface area contributed by atoms with Crippen LogP contribution in [0.2, 0.25) is 0 Å². The molecule has 0 radical (unpaired) electrons. The topological polar surface area (TPSA) is 66.4 Å². The molecule has 0 bridgehead atoms. The first-order valence-electron chi connectivity index (χ1n) is 3.35. The molecule has 0 saturated heterocycles. The molecule has 0 atom stereocenters. The molecule has 0 aliphatic heterocycles. The molecule has 1 heterocycles. The van der Waals surface area contributed by atoms with Gasteiger partial charge in [0.2, 0.25) is 5.91 Å². The molecule has 6 heteroatoms. The Kier molecular flexibility index (Phi) is 3.44. The van der Waals surface area contributed by atoms with Crippen molar-refractivity contribution in [1.29, 1.82) is 0 Å². The Hall–Kier alpha value is -0.880. The maximum atomic E-state index is 10.9. The van der Waals surface area contributed by atoms with E-state index in [0.717, 1.165) is 3.79 Å². The van der Waals surface area contributed by atoms with Crippen LogP contribution in [0.5, 0.6) is 0 Å². The van der Waals surface area contributed by atoms with Gasteiger partial charge in [-0.1, -0.05) is 0 Å². The van der Waals surface area contributed by atoms with Gasteiger partial charge in [-0.25, -0.2) is 0 Å². The van der Waals surface area contributed by atoms with Crippen molar-refractivity contribution in [1.82, 2.24) is 0 Å². The minimum Gasteiger partial charge on any atom is -0.481 e. The Morgan fingerprint density at radius 1 is 1.54 bits per heavy atom. The Balaban J connectivity index is 2.50. The minimum absolute atomic E-state index is 0.504. The molecule has 2 N–H and O–H groups in total. The van der Waals surface area contributed by atoms with Gasteiger partial charge in [0.1, 0.15) is 6.42 Å². The highest BCUT2D eigenvalue weighted by Crippen LogP contribution is 2.26. The van der Waals surface area contributed by atoms with Gasteiger partial charge in [0.05, 0.1) is 8.79 Å². The van der Waals surface area contributed by atoms with Crippen molar-refractivity contribution in [2.45, 2.75) is 6.42 Å². The zero-order valence-corrected chi connectivity index (χ0v) is 8.81. The third kappa shape index (κ3) is 3.56. The monoisotopic (exact) mass is 263 g/mol. The van der Waals surface area contributed by atoms with Crippen molar-refractivity contribution in [2.75, 3.05) is 5.32 Å². The fraction of sp³-hybridized carbons (Fsp3) is 0.143. The number of rotatable bonds is 3. The van der Waals surface area contributed by atoms with Crippen LogP contribution in [0.4, 0.5) is 5.00 Å². The molecule has 0 spiro atoms. The highest BCUT2D eigenvalue weighted by atomic mass is 79.9. The van der Waals surface area contributed by atoms with Gasteiger partial charge in [-0.2, -0.15) is 0 Å². The summed E-state index contributed by atoms with van der Waals surface area (Å²) in [5.41, 5.74) is 0. The lowest BCUT2D eigenvalue weighted by Gasteiger charge is -1.97. The van der Waals surface area contributed by atoms with Crippen LogP contribution < -0.4 is 5.32 Å². The molecule has 1 aromatic rings. The molecule has 0 aliphatic rings. The molecule has 0 aromatic carbocycles. The zero-order valence-electron chi connectivity index (χ0n) is 6.41. The number of carboxylic acid groups (broad SMARTS) is 1. The molecule has 1 rings (SSSR count). The molecule has 0 aliphatic carbocycles. The molecule has 13 heavy (non-hydrogen) atoms. The Morgan fingerprint density at radius 2 is 2.23 bits per heavy atom. The summed E-state index contributed by atoms with van der Waals surface area (Å²) >= 11 is 4.56. The van der Waals surface area contributed by atoms with Gasteiger partial charge in [-0.15, -0.1) is 11.3 Å². The van der Waals surface area contributed by atoms with Gasteiger partial charge in [-0.3, -0.25) is 9.59 Å². The van der Waals surface area contributed by atoms with Crippen molar-refractivity contribution in [3.8, 4) is 0 Å². The first-order valence-corrected chi connectivity index (χ1v) is 4.96. The highest BCUT2D eigenvalue weighted by molar-refractivity contribution is 9.11. The number of carboxylic acids is 1. The molecular weight excluding hydrogens is 258 g/mol. The Morgan fingerprint density at radius 3 is 2.69 bits per heavy atom. The van der Waals surface area contributed by atoms with Gasteiger partial charge in [0.25, 0.3) is 0 Å². The van der Waals surface area contributed by atoms with Crippen LogP contribution in [0.3, 0.4) is 0 Å². The van der Waals surface area contributed by atoms with E-state index in [1.807, 2.05) is 0 Å². The summed E-state index contributed by atoms with van der Waals surface area (Å²) in [6.07, 6.45) is -0.504. The van der Waals surface area contributed by atoms with Gasteiger partial charge in [0.15, 0.2) is 0 Å². The first kappa shape index (κ1) is 10.2. The molecule has 0 unspecified atom stereocenters. The van der Waals surface area contributed by atoms with Crippen LogP contribution in [0.25, 0.3) is 0 Å². The van der Waals surface area contributed by atoms with Crippen LogP contribution in [0.1, 0.15) is 6.42 Å². The van der Waals surface area contributed by atoms with E-state index in [0.29, 0.717) is 5.00 Å². The van der Waals surface area contributed by atoms with E-state index in [9.17, 15) is 9.59 Å². The number of hydrogen-bond donors (Lipinski definition) is 2. The lowest BCUT2D eigenvalue weighted by Crippen LogP contribution is -2.14. The molecule has 0 fully saturated rings. The second kappa shape index (κ2) is 4.38. The second-order valence-corrected chi connectivity index (χ2v) is 4.69. The molecule has 0 saturated carbocycles. The average Bonchev–Trinajstić information content (AvgIpc) is 2.33. The van der Waals surface area contributed by atoms with E-state index in [1.54, 1.807) is 12.1 Å². The summed E-state index contributed by atoms with van der Waals surface area (Å²) in [6.45, 7) is 0. The maximum absolute atomic E-state index is 10.9. The molecule has 1 amide bonds. The van der Waals surface area contributed by atoms with Crippen molar-refractivity contribution < 1.29 is 14.7 Å². The van der Waals surface area contributed by atoms with Gasteiger partial charge >= 0.3 is 5.97 Å². The number of nitrogens with one attached hydrogen (secondary N) is 1. The summed E-state index contributed by atoms with van der Waals surface area (Å²) in [4.78, 5) is 21.1. The zero-order chi connectivity index (χ0) is 9.84. The summed E-state index contributed by atoms with van der Waals surface area (Å²) in [5.74, 6) is -1.64. The quantitative estimate of drug-likeness (QED) is 0.819.